The highest BCUT2D eigenvalue weighted by Crippen LogP contribution is 2.22. The summed E-state index contributed by atoms with van der Waals surface area (Å²) < 4.78 is 11.0. The van der Waals surface area contributed by atoms with Crippen LogP contribution in [0.3, 0.4) is 0 Å². The van der Waals surface area contributed by atoms with E-state index in [2.05, 4.69) is 10.6 Å². The molecule has 0 saturated heterocycles. The lowest BCUT2D eigenvalue weighted by molar-refractivity contribution is 0.0689. The highest BCUT2D eigenvalue weighted by atomic mass is 16.7. The van der Waals surface area contributed by atoms with Crippen LogP contribution >= 0.6 is 0 Å². The van der Waals surface area contributed by atoms with Crippen molar-refractivity contribution in [2.75, 3.05) is 19.2 Å². The third-order valence-corrected chi connectivity index (χ3v) is 4.92. The molecule has 3 aromatic rings. The molecule has 35 heavy (non-hydrogen) atoms. The molecule has 0 aliphatic carbocycles. The number of aromatic carboxylic acids is 2. The van der Waals surface area contributed by atoms with Crippen LogP contribution in [0.1, 0.15) is 47.0 Å². The largest absolute Gasteiger partial charge is 0.478 e. The fourth-order valence-corrected chi connectivity index (χ4v) is 3.10. The van der Waals surface area contributed by atoms with Crippen molar-refractivity contribution in [3.8, 4) is 11.5 Å². The Bertz CT molecular complexity index is 1270. The Labute approximate surface area is 200 Å². The standard InChI is InChI=1S/C25H22N2O8/c1-14-3-7-16(8-4-14)34-13-35-17-9-5-15(6-10-17)27-23(29)19-11-18(22(28)26-2)20(24(30)31)12-21(19)25(32)33/h3-12H,13H2,1-2H3,(H,26,28)(H,27,29)(H,30,31)(H,32,33). The average molecular weight is 478 g/mol. The van der Waals surface area contributed by atoms with E-state index in [1.54, 1.807) is 12.1 Å². The summed E-state index contributed by atoms with van der Waals surface area (Å²) in [7, 11) is 1.29. The first-order valence-corrected chi connectivity index (χ1v) is 10.3. The minimum atomic E-state index is -1.52. The normalized spacial score (nSPS) is 10.2. The molecule has 0 saturated carbocycles. The highest BCUT2D eigenvalue weighted by molar-refractivity contribution is 6.14. The van der Waals surface area contributed by atoms with E-state index in [-0.39, 0.29) is 17.9 Å². The van der Waals surface area contributed by atoms with Gasteiger partial charge in [0.1, 0.15) is 11.5 Å². The van der Waals surface area contributed by atoms with Crippen molar-refractivity contribution < 1.29 is 38.9 Å². The predicted molar refractivity (Wildman–Crippen MR) is 125 cm³/mol. The lowest BCUT2D eigenvalue weighted by Crippen LogP contribution is -2.24. The van der Waals surface area contributed by atoms with Gasteiger partial charge in [-0.25, -0.2) is 9.59 Å². The number of carbonyl (C=O) groups excluding carboxylic acids is 2. The summed E-state index contributed by atoms with van der Waals surface area (Å²) in [4.78, 5) is 48.1. The Balaban J connectivity index is 1.73. The zero-order valence-corrected chi connectivity index (χ0v) is 18.8. The van der Waals surface area contributed by atoms with Gasteiger partial charge in [0.25, 0.3) is 11.8 Å². The van der Waals surface area contributed by atoms with Crippen LogP contribution in [-0.2, 0) is 0 Å². The number of hydrogen-bond donors (Lipinski definition) is 4. The molecular weight excluding hydrogens is 456 g/mol. The second kappa shape index (κ2) is 10.8. The van der Waals surface area contributed by atoms with Gasteiger partial charge in [0.2, 0.25) is 6.79 Å². The summed E-state index contributed by atoms with van der Waals surface area (Å²) in [6.45, 7) is 1.93. The number of amides is 2. The van der Waals surface area contributed by atoms with Gasteiger partial charge in [-0.05, 0) is 55.5 Å². The molecule has 0 fully saturated rings. The summed E-state index contributed by atoms with van der Waals surface area (Å²) in [6.07, 6.45) is 0. The molecular formula is C25H22N2O8. The number of carboxylic acids is 2. The summed E-state index contributed by atoms with van der Waals surface area (Å²) in [5.41, 5.74) is -0.371. The lowest BCUT2D eigenvalue weighted by atomic mass is 9.97. The van der Waals surface area contributed by atoms with Gasteiger partial charge in [0, 0.05) is 12.7 Å². The Kier molecular flexibility index (Phi) is 7.67. The SMILES string of the molecule is CNC(=O)c1cc(C(=O)Nc2ccc(OCOc3ccc(C)cc3)cc2)c(C(=O)O)cc1C(=O)O. The van der Waals surface area contributed by atoms with Crippen LogP contribution in [0, 0.1) is 6.92 Å². The van der Waals surface area contributed by atoms with Crippen molar-refractivity contribution >= 4 is 29.4 Å². The highest BCUT2D eigenvalue weighted by Gasteiger charge is 2.25. The summed E-state index contributed by atoms with van der Waals surface area (Å²) in [5.74, 6) is -3.50. The van der Waals surface area contributed by atoms with E-state index in [0.29, 0.717) is 17.2 Å². The first-order valence-electron chi connectivity index (χ1n) is 10.3. The number of hydrogen-bond acceptors (Lipinski definition) is 6. The molecule has 180 valence electrons. The minimum absolute atomic E-state index is 0.0328. The lowest BCUT2D eigenvalue weighted by Gasteiger charge is -2.13. The minimum Gasteiger partial charge on any atom is -0.478 e. The quantitative estimate of drug-likeness (QED) is 0.342. The maximum absolute atomic E-state index is 12.8. The second-order valence-electron chi connectivity index (χ2n) is 7.33. The molecule has 3 rings (SSSR count). The molecule has 10 nitrogen and oxygen atoms in total. The van der Waals surface area contributed by atoms with E-state index in [9.17, 15) is 29.4 Å². The van der Waals surface area contributed by atoms with E-state index < -0.39 is 34.9 Å². The maximum atomic E-state index is 12.8. The molecule has 0 aliphatic rings. The zero-order valence-electron chi connectivity index (χ0n) is 18.8. The van der Waals surface area contributed by atoms with E-state index >= 15 is 0 Å². The molecule has 10 heteroatoms. The second-order valence-corrected chi connectivity index (χ2v) is 7.33. The van der Waals surface area contributed by atoms with Gasteiger partial charge in [0.15, 0.2) is 0 Å². The van der Waals surface area contributed by atoms with Gasteiger partial charge in [-0.2, -0.15) is 0 Å². The van der Waals surface area contributed by atoms with Crippen molar-refractivity contribution in [3.63, 3.8) is 0 Å². The molecule has 0 heterocycles. The van der Waals surface area contributed by atoms with Crippen molar-refractivity contribution in [3.05, 3.63) is 88.5 Å². The molecule has 0 aromatic heterocycles. The van der Waals surface area contributed by atoms with Gasteiger partial charge >= 0.3 is 11.9 Å². The third kappa shape index (κ3) is 6.14. The van der Waals surface area contributed by atoms with E-state index in [1.165, 1.54) is 19.2 Å². The number of aryl methyl sites for hydroxylation is 1. The molecule has 0 aliphatic heterocycles. The molecule has 2 amide bonds. The van der Waals surface area contributed by atoms with Crippen molar-refractivity contribution in [2.45, 2.75) is 6.92 Å². The van der Waals surface area contributed by atoms with Gasteiger partial charge in [-0.3, -0.25) is 9.59 Å². The van der Waals surface area contributed by atoms with Crippen LogP contribution in [0.2, 0.25) is 0 Å². The van der Waals surface area contributed by atoms with E-state index in [0.717, 1.165) is 17.7 Å². The average Bonchev–Trinajstić information content (AvgIpc) is 2.84. The van der Waals surface area contributed by atoms with Gasteiger partial charge in [0.05, 0.1) is 22.3 Å². The zero-order chi connectivity index (χ0) is 25.5. The molecule has 0 radical (unpaired) electrons. The van der Waals surface area contributed by atoms with Crippen LogP contribution in [0.25, 0.3) is 0 Å². The smallest absolute Gasteiger partial charge is 0.336 e. The van der Waals surface area contributed by atoms with Gasteiger partial charge in [-0.1, -0.05) is 17.7 Å². The van der Waals surface area contributed by atoms with Crippen LogP contribution in [0.5, 0.6) is 11.5 Å². The fourth-order valence-electron chi connectivity index (χ4n) is 3.10. The molecule has 0 unspecified atom stereocenters. The van der Waals surface area contributed by atoms with E-state index in [1.807, 2.05) is 31.2 Å². The van der Waals surface area contributed by atoms with Crippen LogP contribution in [0.4, 0.5) is 5.69 Å². The molecule has 3 aromatic carbocycles. The number of rotatable bonds is 9. The Hall–Kier alpha value is -4.86. The molecule has 0 atom stereocenters. The number of benzene rings is 3. The summed E-state index contributed by atoms with van der Waals surface area (Å²) in [5, 5.41) is 23.6. The summed E-state index contributed by atoms with van der Waals surface area (Å²) >= 11 is 0. The Morgan fingerprint density at radius 2 is 1.17 bits per heavy atom. The Morgan fingerprint density at radius 3 is 1.66 bits per heavy atom. The van der Waals surface area contributed by atoms with E-state index in [4.69, 9.17) is 9.47 Å². The first-order chi connectivity index (χ1) is 16.7. The Morgan fingerprint density at radius 1 is 0.714 bits per heavy atom. The van der Waals surface area contributed by atoms with Gasteiger partial charge in [-0.15, -0.1) is 0 Å². The van der Waals surface area contributed by atoms with Crippen LogP contribution in [0.15, 0.2) is 60.7 Å². The van der Waals surface area contributed by atoms with Crippen molar-refractivity contribution in [1.29, 1.82) is 0 Å². The van der Waals surface area contributed by atoms with Crippen molar-refractivity contribution in [1.82, 2.24) is 5.32 Å². The number of nitrogens with one attached hydrogen (secondary N) is 2. The van der Waals surface area contributed by atoms with Crippen LogP contribution in [-0.4, -0.2) is 47.8 Å². The maximum Gasteiger partial charge on any atom is 0.336 e. The number of carbonyl (C=O) groups is 4. The number of anilines is 1. The molecule has 0 bridgehead atoms. The predicted octanol–water partition coefficient (Wildman–Crippen LogP) is 3.42. The number of carboxylic acid groups (broad SMARTS) is 2. The van der Waals surface area contributed by atoms with Crippen LogP contribution < -0.4 is 20.1 Å². The third-order valence-electron chi connectivity index (χ3n) is 4.92. The summed E-state index contributed by atoms with van der Waals surface area (Å²) in [6, 6.07) is 15.4. The number of ether oxygens (including phenoxy) is 2. The first kappa shape index (κ1) is 24.8. The monoisotopic (exact) mass is 478 g/mol. The topological polar surface area (TPSA) is 151 Å². The molecule has 0 spiro atoms. The molecule has 4 N–H and O–H groups in total. The van der Waals surface area contributed by atoms with Crippen molar-refractivity contribution in [2.24, 2.45) is 0 Å². The fraction of sp³-hybridized carbons (Fsp3) is 0.120. The van der Waals surface area contributed by atoms with Gasteiger partial charge < -0.3 is 30.3 Å².